The van der Waals surface area contributed by atoms with Crippen LogP contribution < -0.4 is 0 Å². The first kappa shape index (κ1) is 21.1. The van der Waals surface area contributed by atoms with E-state index in [2.05, 4.69) is 50.0 Å². The van der Waals surface area contributed by atoms with Gasteiger partial charge in [0.2, 0.25) is 0 Å². The molecule has 1 aromatic rings. The summed E-state index contributed by atoms with van der Waals surface area (Å²) >= 11 is 0. The van der Waals surface area contributed by atoms with Crippen LogP contribution in [0.25, 0.3) is 5.57 Å². The summed E-state index contributed by atoms with van der Waals surface area (Å²) in [6.07, 6.45) is 17.8. The van der Waals surface area contributed by atoms with Gasteiger partial charge in [-0.25, -0.2) is 0 Å². The van der Waals surface area contributed by atoms with Crippen molar-refractivity contribution in [1.82, 2.24) is 4.98 Å². The molecule has 1 heterocycles. The molecular weight excluding hydrogens is 406 g/mol. The van der Waals surface area contributed by atoms with E-state index in [4.69, 9.17) is 4.18 Å². The molecular formula is C26H33NO3S. The van der Waals surface area contributed by atoms with Crippen molar-refractivity contribution in [3.05, 3.63) is 59.5 Å². The number of rotatable bonds is 3. The van der Waals surface area contributed by atoms with Gasteiger partial charge in [0, 0.05) is 17.8 Å². The Labute approximate surface area is 186 Å². The SMILES string of the molecule is C[C@]12CC[C@@]3(C)[C@@H](CC=C4C[C@@H](OS(C)(=O)=O)CC[C@@]43C)C1=CC=C2c1cccnc1. The second kappa shape index (κ2) is 6.89. The first-order valence-corrected chi connectivity index (χ1v) is 13.3. The molecule has 0 N–H and O–H groups in total. The van der Waals surface area contributed by atoms with E-state index in [0.717, 1.165) is 38.4 Å². The zero-order chi connectivity index (χ0) is 22.1. The van der Waals surface area contributed by atoms with Crippen molar-refractivity contribution in [1.29, 1.82) is 0 Å². The van der Waals surface area contributed by atoms with Crippen molar-refractivity contribution >= 4 is 15.7 Å². The van der Waals surface area contributed by atoms with Gasteiger partial charge in [0.15, 0.2) is 0 Å². The molecule has 2 fully saturated rings. The second-order valence-electron chi connectivity index (χ2n) is 10.7. The lowest BCUT2D eigenvalue weighted by atomic mass is 9.42. The summed E-state index contributed by atoms with van der Waals surface area (Å²) in [7, 11) is -3.42. The van der Waals surface area contributed by atoms with Crippen LogP contribution in [0.3, 0.4) is 0 Å². The summed E-state index contributed by atoms with van der Waals surface area (Å²) in [5, 5.41) is 0. The molecule has 1 aromatic heterocycles. The highest BCUT2D eigenvalue weighted by Gasteiger charge is 2.60. The number of hydrogen-bond acceptors (Lipinski definition) is 4. The average Bonchev–Trinajstić information content (AvgIpc) is 3.06. The van der Waals surface area contributed by atoms with Crippen LogP contribution in [0.2, 0.25) is 0 Å². The predicted molar refractivity (Wildman–Crippen MR) is 124 cm³/mol. The molecule has 166 valence electrons. The van der Waals surface area contributed by atoms with Crippen LogP contribution >= 0.6 is 0 Å². The highest BCUT2D eigenvalue weighted by Crippen LogP contribution is 2.70. The molecule has 5 atom stereocenters. The van der Waals surface area contributed by atoms with Gasteiger partial charge in [0.1, 0.15) is 0 Å². The lowest BCUT2D eigenvalue weighted by molar-refractivity contribution is -0.0342. The van der Waals surface area contributed by atoms with Gasteiger partial charge in [-0.15, -0.1) is 0 Å². The van der Waals surface area contributed by atoms with Crippen molar-refractivity contribution < 1.29 is 12.6 Å². The Balaban J connectivity index is 1.46. The molecule has 0 saturated heterocycles. The summed E-state index contributed by atoms with van der Waals surface area (Å²) in [6.45, 7) is 7.34. The van der Waals surface area contributed by atoms with Gasteiger partial charge in [0.25, 0.3) is 10.1 Å². The van der Waals surface area contributed by atoms with Crippen LogP contribution in [0, 0.1) is 22.2 Å². The van der Waals surface area contributed by atoms with Gasteiger partial charge >= 0.3 is 0 Å². The lowest BCUT2D eigenvalue weighted by Crippen LogP contribution is -2.54. The second-order valence-corrected chi connectivity index (χ2v) is 12.3. The van der Waals surface area contributed by atoms with E-state index in [1.807, 2.05) is 18.5 Å². The third-order valence-corrected chi connectivity index (χ3v) is 9.84. The molecule has 4 aliphatic rings. The number of pyridine rings is 1. The summed E-state index contributed by atoms with van der Waals surface area (Å²) in [5.41, 5.74) is 5.97. The summed E-state index contributed by atoms with van der Waals surface area (Å²) in [5.74, 6) is 0.512. The zero-order valence-corrected chi connectivity index (χ0v) is 19.8. The summed E-state index contributed by atoms with van der Waals surface area (Å²) < 4.78 is 28.8. The largest absolute Gasteiger partial charge is 0.267 e. The predicted octanol–water partition coefficient (Wildman–Crippen LogP) is 5.69. The Morgan fingerprint density at radius 3 is 2.65 bits per heavy atom. The topological polar surface area (TPSA) is 56.3 Å². The van der Waals surface area contributed by atoms with Gasteiger partial charge in [-0.05, 0) is 72.5 Å². The molecule has 0 aromatic carbocycles. The number of nitrogens with zero attached hydrogens (tertiary/aromatic N) is 1. The van der Waals surface area contributed by atoms with Crippen molar-refractivity contribution in [2.45, 2.75) is 65.4 Å². The minimum Gasteiger partial charge on any atom is -0.267 e. The molecule has 31 heavy (non-hydrogen) atoms. The maximum atomic E-state index is 11.7. The van der Waals surface area contributed by atoms with Crippen molar-refractivity contribution in [2.24, 2.45) is 22.2 Å². The fraction of sp³-hybridized carbons (Fsp3) is 0.577. The fourth-order valence-electron chi connectivity index (χ4n) is 7.22. The van der Waals surface area contributed by atoms with Gasteiger partial charge in [0.05, 0.1) is 12.4 Å². The Morgan fingerprint density at radius 1 is 1.13 bits per heavy atom. The van der Waals surface area contributed by atoms with Crippen LogP contribution in [0.5, 0.6) is 0 Å². The Morgan fingerprint density at radius 2 is 1.94 bits per heavy atom. The van der Waals surface area contributed by atoms with Crippen LogP contribution in [-0.2, 0) is 14.3 Å². The normalized spacial score (nSPS) is 39.5. The van der Waals surface area contributed by atoms with Crippen molar-refractivity contribution in [3.8, 4) is 0 Å². The van der Waals surface area contributed by atoms with Crippen molar-refractivity contribution in [2.75, 3.05) is 6.26 Å². The molecule has 0 unspecified atom stereocenters. The highest BCUT2D eigenvalue weighted by molar-refractivity contribution is 7.86. The molecule has 0 radical (unpaired) electrons. The minimum atomic E-state index is -3.42. The lowest BCUT2D eigenvalue weighted by Gasteiger charge is -2.62. The van der Waals surface area contributed by atoms with Crippen LogP contribution in [0.15, 0.2) is 53.9 Å². The van der Waals surface area contributed by atoms with Crippen LogP contribution in [0.4, 0.5) is 0 Å². The number of aromatic nitrogens is 1. The first-order chi connectivity index (χ1) is 14.6. The van der Waals surface area contributed by atoms with Crippen LogP contribution in [-0.4, -0.2) is 25.8 Å². The van der Waals surface area contributed by atoms with Gasteiger partial charge < -0.3 is 0 Å². The number of hydrogen-bond donors (Lipinski definition) is 0. The monoisotopic (exact) mass is 439 g/mol. The van der Waals surface area contributed by atoms with E-state index < -0.39 is 10.1 Å². The van der Waals surface area contributed by atoms with E-state index in [1.54, 1.807) is 5.57 Å². The summed E-state index contributed by atoms with van der Waals surface area (Å²) in [6, 6.07) is 4.20. The molecule has 4 aliphatic carbocycles. The molecule has 0 amide bonds. The molecule has 0 aliphatic heterocycles. The Hall–Kier alpha value is -1.72. The van der Waals surface area contributed by atoms with E-state index in [0.29, 0.717) is 5.92 Å². The quantitative estimate of drug-likeness (QED) is 0.448. The Bertz CT molecular complexity index is 1100. The highest BCUT2D eigenvalue weighted by atomic mass is 32.2. The molecule has 5 rings (SSSR count). The third-order valence-electron chi connectivity index (χ3n) is 9.22. The van der Waals surface area contributed by atoms with E-state index in [1.165, 1.54) is 23.1 Å². The maximum absolute atomic E-state index is 11.7. The fourth-order valence-corrected chi connectivity index (χ4v) is 7.88. The smallest absolute Gasteiger partial charge is 0.264 e. The maximum Gasteiger partial charge on any atom is 0.264 e. The molecule has 5 heteroatoms. The number of allylic oxidation sites excluding steroid dienone is 5. The van der Waals surface area contributed by atoms with Crippen molar-refractivity contribution in [3.63, 3.8) is 0 Å². The number of fused-ring (bicyclic) bond motifs is 5. The van der Waals surface area contributed by atoms with Gasteiger partial charge in [-0.2, -0.15) is 8.42 Å². The molecule has 4 nitrogen and oxygen atoms in total. The standard InChI is InChI=1S/C26H33NO3S/c1-24-13-14-26(3)23(22(24)10-9-21(24)18-6-5-15-27-17-18)8-7-19-16-20(30-31(4,28)29)11-12-25(19,26)2/h5-7,9-10,15,17,20,23H,8,11-14,16H2,1-4H3/t20-,23-,24+,25-,26-/m0/s1. The van der Waals surface area contributed by atoms with E-state index in [-0.39, 0.29) is 22.3 Å². The summed E-state index contributed by atoms with van der Waals surface area (Å²) in [4.78, 5) is 4.36. The van der Waals surface area contributed by atoms with Gasteiger partial charge in [-0.1, -0.05) is 56.2 Å². The third kappa shape index (κ3) is 3.11. The van der Waals surface area contributed by atoms with Crippen LogP contribution in [0.1, 0.15) is 64.9 Å². The van der Waals surface area contributed by atoms with Gasteiger partial charge in [-0.3, -0.25) is 9.17 Å². The zero-order valence-electron chi connectivity index (χ0n) is 19.0. The first-order valence-electron chi connectivity index (χ1n) is 11.5. The minimum absolute atomic E-state index is 0.0749. The molecule has 2 saturated carbocycles. The molecule has 0 bridgehead atoms. The molecule has 0 spiro atoms. The van der Waals surface area contributed by atoms with E-state index in [9.17, 15) is 8.42 Å². The van der Waals surface area contributed by atoms with E-state index >= 15 is 0 Å². The average molecular weight is 440 g/mol. The Kier molecular flexibility index (Phi) is 4.70.